The van der Waals surface area contributed by atoms with Crippen molar-refractivity contribution >= 4 is 21.8 Å². The van der Waals surface area contributed by atoms with Crippen LogP contribution in [0.1, 0.15) is 64.2 Å². The molecule has 5 aliphatic rings. The van der Waals surface area contributed by atoms with E-state index in [0.717, 1.165) is 57.4 Å². The van der Waals surface area contributed by atoms with E-state index in [2.05, 4.69) is 10.0 Å². The molecule has 4 unspecified atom stereocenters. The van der Waals surface area contributed by atoms with Crippen molar-refractivity contribution in [2.24, 2.45) is 34.8 Å². The third kappa shape index (κ3) is 4.26. The molecule has 5 aliphatic carbocycles. The lowest BCUT2D eigenvalue weighted by atomic mass is 9.47. The first-order valence-electron chi connectivity index (χ1n) is 12.6. The zero-order chi connectivity index (χ0) is 24.1. The summed E-state index contributed by atoms with van der Waals surface area (Å²) >= 11 is 0. The quantitative estimate of drug-likeness (QED) is 0.530. The van der Waals surface area contributed by atoms with E-state index in [1.165, 1.54) is 18.2 Å². The Morgan fingerprint density at radius 3 is 2.35 bits per heavy atom. The van der Waals surface area contributed by atoms with Crippen LogP contribution in [-0.2, 0) is 19.6 Å². The van der Waals surface area contributed by atoms with Gasteiger partial charge in [-0.3, -0.25) is 9.59 Å². The van der Waals surface area contributed by atoms with E-state index in [0.29, 0.717) is 18.8 Å². The van der Waals surface area contributed by atoms with E-state index in [4.69, 9.17) is 5.73 Å². The molecule has 0 heterocycles. The second-order valence-electron chi connectivity index (χ2n) is 11.1. The number of hydrogen-bond donors (Lipinski definition) is 3. The zero-order valence-electron chi connectivity index (χ0n) is 19.3. The summed E-state index contributed by atoms with van der Waals surface area (Å²) in [5.74, 6) is -0.676. The molecule has 5 fully saturated rings. The Balaban J connectivity index is 1.32. The number of carbonyl (C=O) groups excluding carboxylic acids is 2. The van der Waals surface area contributed by atoms with E-state index in [1.807, 2.05) is 0 Å². The molecular weight excluding hydrogens is 457 g/mol. The van der Waals surface area contributed by atoms with Gasteiger partial charge in [-0.2, -0.15) is 0 Å². The Morgan fingerprint density at radius 1 is 1.00 bits per heavy atom. The van der Waals surface area contributed by atoms with Gasteiger partial charge >= 0.3 is 0 Å². The molecule has 0 radical (unpaired) electrons. The van der Waals surface area contributed by atoms with Crippen LogP contribution in [0.25, 0.3) is 0 Å². The average Bonchev–Trinajstić information content (AvgIpc) is 3.01. The van der Waals surface area contributed by atoms with E-state index in [1.54, 1.807) is 0 Å². The Morgan fingerprint density at radius 2 is 1.68 bits per heavy atom. The van der Waals surface area contributed by atoms with Gasteiger partial charge in [0.2, 0.25) is 21.8 Å². The van der Waals surface area contributed by atoms with Gasteiger partial charge in [-0.15, -0.1) is 0 Å². The van der Waals surface area contributed by atoms with Gasteiger partial charge in [0.05, 0.1) is 5.92 Å². The molecule has 2 amide bonds. The lowest BCUT2D eigenvalue weighted by Crippen LogP contribution is -2.63. The smallest absolute Gasteiger partial charge is 0.243 e. The molecule has 0 spiro atoms. The highest BCUT2D eigenvalue weighted by atomic mass is 32.2. The van der Waals surface area contributed by atoms with Gasteiger partial charge in [0, 0.05) is 17.5 Å². The number of amides is 2. The second kappa shape index (κ2) is 8.90. The second-order valence-corrected chi connectivity index (χ2v) is 12.7. The fourth-order valence-electron chi connectivity index (χ4n) is 7.52. The zero-order valence-corrected chi connectivity index (χ0v) is 20.2. The van der Waals surface area contributed by atoms with Crippen molar-refractivity contribution in [3.05, 3.63) is 30.1 Å². The van der Waals surface area contributed by atoms with Crippen molar-refractivity contribution < 1.29 is 22.4 Å². The fourth-order valence-corrected chi connectivity index (χ4v) is 8.91. The fraction of sp³-hybridized carbons (Fsp3) is 0.680. The maximum atomic E-state index is 14.2. The van der Waals surface area contributed by atoms with E-state index in [9.17, 15) is 22.4 Å². The summed E-state index contributed by atoms with van der Waals surface area (Å²) in [7, 11) is -4.10. The summed E-state index contributed by atoms with van der Waals surface area (Å²) in [5.41, 5.74) is 5.37. The number of nitrogens with two attached hydrogens (primary N) is 1. The van der Waals surface area contributed by atoms with Crippen LogP contribution in [0.2, 0.25) is 0 Å². The lowest BCUT2D eigenvalue weighted by Gasteiger charge is -2.59. The van der Waals surface area contributed by atoms with Crippen LogP contribution in [0.3, 0.4) is 0 Å². The predicted octanol–water partition coefficient (Wildman–Crippen LogP) is 2.85. The molecule has 4 atom stereocenters. The van der Waals surface area contributed by atoms with Gasteiger partial charge in [-0.05, 0) is 74.8 Å². The molecule has 0 aliphatic heterocycles. The minimum atomic E-state index is -4.10. The molecule has 9 heteroatoms. The number of hydrogen-bond acceptors (Lipinski definition) is 4. The predicted molar refractivity (Wildman–Crippen MR) is 124 cm³/mol. The maximum absolute atomic E-state index is 14.2. The van der Waals surface area contributed by atoms with E-state index >= 15 is 0 Å². The Hall–Kier alpha value is -2.00. The summed E-state index contributed by atoms with van der Waals surface area (Å²) in [6.45, 7) is 0. The topological polar surface area (TPSA) is 118 Å². The minimum Gasteiger partial charge on any atom is -0.369 e. The molecule has 7 nitrogen and oxygen atoms in total. The van der Waals surface area contributed by atoms with Gasteiger partial charge in [0.15, 0.2) is 0 Å². The summed E-state index contributed by atoms with van der Waals surface area (Å²) < 4.78 is 42.8. The minimum absolute atomic E-state index is 0.00334. The van der Waals surface area contributed by atoms with Crippen LogP contribution in [0.15, 0.2) is 29.2 Å². The highest BCUT2D eigenvalue weighted by Gasteiger charge is 2.58. The van der Waals surface area contributed by atoms with Gasteiger partial charge in [-0.1, -0.05) is 31.4 Å². The van der Waals surface area contributed by atoms with Crippen LogP contribution in [0.5, 0.6) is 0 Å². The summed E-state index contributed by atoms with van der Waals surface area (Å²) in [5, 5.41) is 3.28. The largest absolute Gasteiger partial charge is 0.369 e. The number of nitrogens with one attached hydrogen (secondary N) is 2. The van der Waals surface area contributed by atoms with E-state index < -0.39 is 38.1 Å². The van der Waals surface area contributed by atoms with Gasteiger partial charge in [0.25, 0.3) is 0 Å². The molecule has 0 saturated heterocycles. The van der Waals surface area contributed by atoms with Crippen LogP contribution in [-0.4, -0.2) is 32.3 Å². The van der Waals surface area contributed by atoms with Crippen LogP contribution in [0, 0.1) is 34.9 Å². The monoisotopic (exact) mass is 491 g/mol. The van der Waals surface area contributed by atoms with Gasteiger partial charge in [0.1, 0.15) is 10.7 Å². The summed E-state index contributed by atoms with van der Waals surface area (Å²) in [6, 6.07) is 4.72. The molecule has 1 aromatic rings. The third-order valence-electron chi connectivity index (χ3n) is 8.89. The van der Waals surface area contributed by atoms with Crippen molar-refractivity contribution in [2.45, 2.75) is 81.2 Å². The van der Waals surface area contributed by atoms with Crippen molar-refractivity contribution in [3.8, 4) is 0 Å². The van der Waals surface area contributed by atoms with Crippen molar-refractivity contribution in [2.75, 3.05) is 0 Å². The molecular formula is C25H34FN3O4S. The lowest BCUT2D eigenvalue weighted by molar-refractivity contribution is -0.148. The number of halogens is 1. The van der Waals surface area contributed by atoms with E-state index in [-0.39, 0.29) is 29.7 Å². The molecule has 34 heavy (non-hydrogen) atoms. The number of benzene rings is 1. The molecule has 4 bridgehead atoms. The van der Waals surface area contributed by atoms with Crippen LogP contribution >= 0.6 is 0 Å². The van der Waals surface area contributed by atoms with Crippen LogP contribution in [0.4, 0.5) is 4.39 Å². The third-order valence-corrected chi connectivity index (χ3v) is 10.4. The number of primary amides is 1. The first kappa shape index (κ1) is 23.7. The van der Waals surface area contributed by atoms with Crippen molar-refractivity contribution in [1.29, 1.82) is 0 Å². The Bertz CT molecular complexity index is 1060. The number of sulfonamides is 1. The van der Waals surface area contributed by atoms with Gasteiger partial charge in [-0.25, -0.2) is 17.5 Å². The first-order chi connectivity index (χ1) is 16.2. The van der Waals surface area contributed by atoms with Crippen molar-refractivity contribution in [1.82, 2.24) is 10.0 Å². The maximum Gasteiger partial charge on any atom is 0.243 e. The summed E-state index contributed by atoms with van der Waals surface area (Å²) in [4.78, 5) is 25.4. The first-order valence-corrected chi connectivity index (χ1v) is 14.0. The summed E-state index contributed by atoms with van der Waals surface area (Å²) in [6.07, 6.45) is 8.06. The number of carbonyl (C=O) groups is 2. The standard InChI is InChI=1S/C25H34FN3O4S/c26-19-7-4-5-9-21(19)34(32,33)29-20-8-3-1-2-6-18(20)23(30)28-22-16-10-15-11-17(22)14-25(12-15,13-16)24(27)31/h4-5,7,9,15-18,20,22,29H,1-3,6,8,10-14H2,(H2,27,31)(H,28,30). The van der Waals surface area contributed by atoms with Crippen LogP contribution < -0.4 is 15.8 Å². The SMILES string of the molecule is NC(=O)C12CC3CC(C1)C(NC(=O)C1CCCCCC1NS(=O)(=O)c1ccccc1F)C(C3)C2. The van der Waals surface area contributed by atoms with Gasteiger partial charge < -0.3 is 11.1 Å². The molecule has 1 aromatic carbocycles. The normalized spacial score (nSPS) is 37.2. The molecule has 186 valence electrons. The van der Waals surface area contributed by atoms with Crippen molar-refractivity contribution in [3.63, 3.8) is 0 Å². The highest BCUT2D eigenvalue weighted by molar-refractivity contribution is 7.89. The number of rotatable bonds is 6. The average molecular weight is 492 g/mol. The molecule has 4 N–H and O–H groups in total. The molecule has 5 saturated carbocycles. The molecule has 0 aromatic heterocycles. The molecule has 6 rings (SSSR count). The Labute approximate surface area is 200 Å². The highest BCUT2D eigenvalue weighted by Crippen LogP contribution is 2.60. The Kier molecular flexibility index (Phi) is 6.21.